The zero-order valence-corrected chi connectivity index (χ0v) is 7.23. The highest BCUT2D eigenvalue weighted by Crippen LogP contribution is 2.17. The number of hydrogen-bond donors (Lipinski definition) is 1. The molecule has 0 aromatic heterocycles. The zero-order chi connectivity index (χ0) is 8.27. The third-order valence-corrected chi connectivity index (χ3v) is 2.04. The van der Waals surface area contributed by atoms with E-state index in [1.165, 1.54) is 6.92 Å². The lowest BCUT2D eigenvalue weighted by molar-refractivity contribution is -0.124. The summed E-state index contributed by atoms with van der Waals surface area (Å²) in [5.74, 6) is -0.0949. The summed E-state index contributed by atoms with van der Waals surface area (Å²) >= 11 is 5.89. The van der Waals surface area contributed by atoms with Crippen LogP contribution < -0.4 is 5.32 Å². The Labute approximate surface area is 71.1 Å². The van der Waals surface area contributed by atoms with Crippen LogP contribution in [0, 0.1) is 0 Å². The smallest absolute Gasteiger partial charge is 0.218 e. The van der Waals surface area contributed by atoms with Crippen molar-refractivity contribution in [3.63, 3.8) is 0 Å². The first kappa shape index (κ1) is 8.81. The van der Waals surface area contributed by atoms with E-state index in [0.29, 0.717) is 6.61 Å². The van der Waals surface area contributed by atoms with E-state index in [1.54, 1.807) is 0 Å². The predicted octanol–water partition coefficient (Wildman–Crippen LogP) is 0.866. The molecule has 11 heavy (non-hydrogen) atoms. The molecule has 2 atom stereocenters. The van der Waals surface area contributed by atoms with Gasteiger partial charge >= 0.3 is 0 Å². The molecular formula is C7H12ClNO2. The molecule has 0 bridgehead atoms. The average molecular weight is 178 g/mol. The van der Waals surface area contributed by atoms with Crippen LogP contribution in [0.25, 0.3) is 0 Å². The van der Waals surface area contributed by atoms with Gasteiger partial charge in [-0.1, -0.05) is 0 Å². The number of ether oxygens (including phenoxy) is 1. The second-order valence-corrected chi connectivity index (χ2v) is 3.21. The summed E-state index contributed by atoms with van der Waals surface area (Å²) in [6.45, 7) is 2.15. The van der Waals surface area contributed by atoms with Gasteiger partial charge in [0.05, 0.1) is 5.38 Å². The molecule has 64 valence electrons. The molecule has 1 aliphatic rings. The van der Waals surface area contributed by atoms with Gasteiger partial charge in [-0.3, -0.25) is 4.79 Å². The normalized spacial score (nSPS) is 31.5. The second-order valence-electron chi connectivity index (χ2n) is 2.65. The summed E-state index contributed by atoms with van der Waals surface area (Å²) in [5.41, 5.74) is 0. The van der Waals surface area contributed by atoms with Crippen LogP contribution in [-0.4, -0.2) is 24.1 Å². The van der Waals surface area contributed by atoms with Crippen molar-refractivity contribution >= 4 is 17.5 Å². The van der Waals surface area contributed by atoms with E-state index in [2.05, 4.69) is 5.32 Å². The van der Waals surface area contributed by atoms with Crippen molar-refractivity contribution in [2.75, 3.05) is 6.61 Å². The molecule has 0 saturated carbocycles. The molecule has 1 aliphatic heterocycles. The second kappa shape index (κ2) is 3.93. The minimum absolute atomic E-state index is 0.0763. The molecule has 1 N–H and O–H groups in total. The fourth-order valence-electron chi connectivity index (χ4n) is 1.08. The third kappa shape index (κ3) is 2.67. The summed E-state index contributed by atoms with van der Waals surface area (Å²) in [7, 11) is 0. The van der Waals surface area contributed by atoms with E-state index in [-0.39, 0.29) is 17.5 Å². The molecule has 0 aliphatic carbocycles. The van der Waals surface area contributed by atoms with E-state index in [1.807, 2.05) is 0 Å². The number of carbonyl (C=O) groups excluding carboxylic acids is 1. The van der Waals surface area contributed by atoms with Crippen LogP contribution in [0.15, 0.2) is 0 Å². The zero-order valence-electron chi connectivity index (χ0n) is 6.47. The van der Waals surface area contributed by atoms with Crippen molar-refractivity contribution in [1.82, 2.24) is 5.32 Å². The first-order chi connectivity index (χ1) is 5.20. The molecule has 2 unspecified atom stereocenters. The van der Waals surface area contributed by atoms with Crippen LogP contribution in [0.5, 0.6) is 0 Å². The maximum Gasteiger partial charge on any atom is 0.218 e. The molecule has 1 heterocycles. The van der Waals surface area contributed by atoms with Crippen LogP contribution in [0.2, 0.25) is 0 Å². The number of amides is 1. The number of rotatable bonds is 1. The summed E-state index contributed by atoms with van der Waals surface area (Å²) in [6.07, 6.45) is 1.60. The summed E-state index contributed by atoms with van der Waals surface area (Å²) in [5, 5.41) is 2.56. The summed E-state index contributed by atoms with van der Waals surface area (Å²) < 4.78 is 5.24. The van der Waals surface area contributed by atoms with Gasteiger partial charge in [0.1, 0.15) is 6.23 Å². The predicted molar refractivity (Wildman–Crippen MR) is 42.4 cm³/mol. The van der Waals surface area contributed by atoms with E-state index in [4.69, 9.17) is 16.3 Å². The van der Waals surface area contributed by atoms with E-state index in [0.717, 1.165) is 12.8 Å². The number of hydrogen-bond acceptors (Lipinski definition) is 2. The maximum atomic E-state index is 10.6. The monoisotopic (exact) mass is 177 g/mol. The van der Waals surface area contributed by atoms with Crippen molar-refractivity contribution in [2.45, 2.75) is 31.4 Å². The molecule has 3 nitrogen and oxygen atoms in total. The first-order valence-electron chi connectivity index (χ1n) is 3.73. The van der Waals surface area contributed by atoms with Crippen LogP contribution in [-0.2, 0) is 9.53 Å². The highest BCUT2D eigenvalue weighted by molar-refractivity contribution is 6.21. The molecule has 0 aromatic carbocycles. The highest BCUT2D eigenvalue weighted by atomic mass is 35.5. The van der Waals surface area contributed by atoms with E-state index in [9.17, 15) is 4.79 Å². The Hall–Kier alpha value is -0.280. The molecule has 0 aromatic rings. The van der Waals surface area contributed by atoms with Gasteiger partial charge in [-0.15, -0.1) is 11.6 Å². The fourth-order valence-corrected chi connectivity index (χ4v) is 1.37. The Morgan fingerprint density at radius 3 is 3.00 bits per heavy atom. The van der Waals surface area contributed by atoms with Gasteiger partial charge in [0, 0.05) is 13.5 Å². The highest BCUT2D eigenvalue weighted by Gasteiger charge is 2.23. The Morgan fingerprint density at radius 2 is 2.45 bits per heavy atom. The lowest BCUT2D eigenvalue weighted by atomic mass is 10.2. The number of nitrogens with one attached hydrogen (secondary N) is 1. The quantitative estimate of drug-likeness (QED) is 0.604. The summed E-state index contributed by atoms with van der Waals surface area (Å²) in [4.78, 5) is 10.6. The number of carbonyl (C=O) groups is 1. The fraction of sp³-hybridized carbons (Fsp3) is 0.857. The minimum atomic E-state index is -0.289. The largest absolute Gasteiger partial charge is 0.357 e. The van der Waals surface area contributed by atoms with Gasteiger partial charge in [-0.2, -0.15) is 0 Å². The minimum Gasteiger partial charge on any atom is -0.357 e. The topological polar surface area (TPSA) is 38.3 Å². The van der Waals surface area contributed by atoms with Gasteiger partial charge in [-0.05, 0) is 12.8 Å². The van der Waals surface area contributed by atoms with Crippen molar-refractivity contribution < 1.29 is 9.53 Å². The SMILES string of the molecule is CC(=O)NC1OCCCC1Cl. The van der Waals surface area contributed by atoms with Crippen LogP contribution in [0.1, 0.15) is 19.8 Å². The van der Waals surface area contributed by atoms with Crippen LogP contribution >= 0.6 is 11.6 Å². The molecule has 1 saturated heterocycles. The number of alkyl halides is 1. The Morgan fingerprint density at radius 1 is 1.73 bits per heavy atom. The van der Waals surface area contributed by atoms with Crippen molar-refractivity contribution in [3.05, 3.63) is 0 Å². The lowest BCUT2D eigenvalue weighted by Gasteiger charge is -2.27. The third-order valence-electron chi connectivity index (χ3n) is 1.60. The summed E-state index contributed by atoms with van der Waals surface area (Å²) in [6, 6.07) is 0. The Kier molecular flexibility index (Phi) is 3.15. The van der Waals surface area contributed by atoms with E-state index < -0.39 is 0 Å². The molecular weight excluding hydrogens is 166 g/mol. The van der Waals surface area contributed by atoms with Crippen LogP contribution in [0.3, 0.4) is 0 Å². The van der Waals surface area contributed by atoms with E-state index >= 15 is 0 Å². The molecule has 1 fully saturated rings. The standard InChI is InChI=1S/C7H12ClNO2/c1-5(10)9-7-6(8)3-2-4-11-7/h6-7H,2-4H2,1H3,(H,9,10). The number of halogens is 1. The maximum absolute atomic E-state index is 10.6. The van der Waals surface area contributed by atoms with Crippen molar-refractivity contribution in [2.24, 2.45) is 0 Å². The average Bonchev–Trinajstić information content (AvgIpc) is 1.93. The van der Waals surface area contributed by atoms with Crippen LogP contribution in [0.4, 0.5) is 0 Å². The molecule has 4 heteroatoms. The van der Waals surface area contributed by atoms with Gasteiger partial charge in [0.2, 0.25) is 5.91 Å². The molecule has 1 rings (SSSR count). The van der Waals surface area contributed by atoms with Crippen molar-refractivity contribution in [1.29, 1.82) is 0 Å². The Bertz CT molecular complexity index is 151. The molecule has 1 amide bonds. The van der Waals surface area contributed by atoms with Gasteiger partial charge in [0.15, 0.2) is 0 Å². The van der Waals surface area contributed by atoms with Crippen molar-refractivity contribution in [3.8, 4) is 0 Å². The lowest BCUT2D eigenvalue weighted by Crippen LogP contribution is -2.44. The first-order valence-corrected chi connectivity index (χ1v) is 4.16. The van der Waals surface area contributed by atoms with Gasteiger partial charge in [0.25, 0.3) is 0 Å². The molecule has 0 spiro atoms. The van der Waals surface area contributed by atoms with Gasteiger partial charge < -0.3 is 10.1 Å². The molecule has 0 radical (unpaired) electrons. The Balaban J connectivity index is 2.35. The van der Waals surface area contributed by atoms with Gasteiger partial charge in [-0.25, -0.2) is 0 Å².